The van der Waals surface area contributed by atoms with Crippen LogP contribution in [0.5, 0.6) is 0 Å². The zero-order chi connectivity index (χ0) is 18.5. The van der Waals surface area contributed by atoms with Crippen molar-refractivity contribution < 1.29 is 28.8 Å². The van der Waals surface area contributed by atoms with Crippen LogP contribution < -0.4 is 0 Å². The number of carbonyl (C=O) groups is 1. The second kappa shape index (κ2) is 6.11. The summed E-state index contributed by atoms with van der Waals surface area (Å²) in [4.78, 5) is 12.6. The van der Waals surface area contributed by atoms with Crippen LogP contribution >= 0.6 is 0 Å². The topological polar surface area (TPSA) is 74.2 Å². The van der Waals surface area contributed by atoms with Gasteiger partial charge in [-0.15, -0.1) is 0 Å². The monoisotopic (exact) mass is 352 g/mol. The van der Waals surface area contributed by atoms with Crippen LogP contribution in [0.2, 0.25) is 0 Å². The number of allylic oxidation sites excluding steroid dienone is 1. The third-order valence-electron chi connectivity index (χ3n) is 5.68. The van der Waals surface area contributed by atoms with Gasteiger partial charge in [-0.3, -0.25) is 4.79 Å². The number of rotatable bonds is 3. The summed E-state index contributed by atoms with van der Waals surface area (Å²) in [6.07, 6.45) is 2.53. The van der Waals surface area contributed by atoms with E-state index in [4.69, 9.17) is 18.9 Å². The predicted molar refractivity (Wildman–Crippen MR) is 90.3 cm³/mol. The fraction of sp³-hybridized carbons (Fsp3) is 0.737. The maximum Gasteiger partial charge on any atom is 0.315 e. The first kappa shape index (κ1) is 18.4. The summed E-state index contributed by atoms with van der Waals surface area (Å²) in [5, 5.41) is 10.0. The lowest BCUT2D eigenvalue weighted by Gasteiger charge is -2.44. The van der Waals surface area contributed by atoms with Crippen LogP contribution in [0.25, 0.3) is 0 Å². The Bertz CT molecular complexity index is 634. The van der Waals surface area contributed by atoms with E-state index in [-0.39, 0.29) is 12.6 Å². The summed E-state index contributed by atoms with van der Waals surface area (Å²) in [6, 6.07) is 0. The number of esters is 1. The van der Waals surface area contributed by atoms with Crippen molar-refractivity contribution in [3.63, 3.8) is 0 Å². The minimum atomic E-state index is -0.920. The molecule has 0 radical (unpaired) electrons. The lowest BCUT2D eigenvalue weighted by Crippen LogP contribution is -2.54. The summed E-state index contributed by atoms with van der Waals surface area (Å²) in [5.41, 5.74) is 0.163. The Morgan fingerprint density at radius 3 is 2.72 bits per heavy atom. The summed E-state index contributed by atoms with van der Waals surface area (Å²) in [5.74, 6) is -0.110. The largest absolute Gasteiger partial charge is 0.467 e. The summed E-state index contributed by atoms with van der Waals surface area (Å²) >= 11 is 0. The van der Waals surface area contributed by atoms with Gasteiger partial charge in [0.15, 0.2) is 6.29 Å². The van der Waals surface area contributed by atoms with Gasteiger partial charge in [-0.25, -0.2) is 0 Å². The molecular formula is C19H28O6. The first-order valence-corrected chi connectivity index (χ1v) is 8.82. The average molecular weight is 352 g/mol. The summed E-state index contributed by atoms with van der Waals surface area (Å²) in [7, 11) is 0. The van der Waals surface area contributed by atoms with Crippen molar-refractivity contribution in [1.29, 1.82) is 0 Å². The molecule has 0 bridgehead atoms. The van der Waals surface area contributed by atoms with Crippen LogP contribution in [0.1, 0.15) is 53.9 Å². The van der Waals surface area contributed by atoms with Gasteiger partial charge in [0.2, 0.25) is 5.79 Å². The number of aliphatic hydroxyl groups excluding tert-OH is 1. The zero-order valence-electron chi connectivity index (χ0n) is 15.7. The van der Waals surface area contributed by atoms with E-state index < -0.39 is 23.1 Å². The number of ether oxygens (including phenoxy) is 4. The van der Waals surface area contributed by atoms with E-state index in [1.807, 2.05) is 40.7 Å². The number of aliphatic hydroxyl groups is 1. The third kappa shape index (κ3) is 3.00. The number of hydrogen-bond acceptors (Lipinski definition) is 6. The van der Waals surface area contributed by atoms with Crippen LogP contribution in [0.15, 0.2) is 23.0 Å². The van der Waals surface area contributed by atoms with Crippen molar-refractivity contribution in [3.05, 3.63) is 23.0 Å². The van der Waals surface area contributed by atoms with Crippen LogP contribution in [-0.2, 0) is 23.7 Å². The Balaban J connectivity index is 1.85. The molecule has 6 heteroatoms. The second-order valence-corrected chi connectivity index (χ2v) is 7.92. The molecular weight excluding hydrogens is 324 g/mol. The number of cyclic esters (lactones) is 1. The average Bonchev–Trinajstić information content (AvgIpc) is 2.78. The normalized spacial score (nSPS) is 37.8. The molecule has 3 aliphatic heterocycles. The molecule has 1 saturated heterocycles. The second-order valence-electron chi connectivity index (χ2n) is 7.92. The maximum atomic E-state index is 12.6. The van der Waals surface area contributed by atoms with Crippen molar-refractivity contribution in [3.8, 4) is 0 Å². The van der Waals surface area contributed by atoms with E-state index in [2.05, 4.69) is 0 Å². The predicted octanol–water partition coefficient (Wildman–Crippen LogP) is 2.81. The van der Waals surface area contributed by atoms with E-state index >= 15 is 0 Å². The first-order chi connectivity index (χ1) is 11.6. The number of carbonyl (C=O) groups excluding carboxylic acids is 1. The molecule has 0 aliphatic carbocycles. The van der Waals surface area contributed by atoms with Crippen molar-refractivity contribution in [2.24, 2.45) is 5.41 Å². The first-order valence-electron chi connectivity index (χ1n) is 8.82. The molecule has 3 rings (SSSR count). The van der Waals surface area contributed by atoms with E-state index in [1.165, 1.54) is 0 Å². The van der Waals surface area contributed by atoms with Gasteiger partial charge in [-0.05, 0) is 38.3 Å². The molecule has 25 heavy (non-hydrogen) atoms. The molecule has 3 heterocycles. The van der Waals surface area contributed by atoms with Gasteiger partial charge in [0.1, 0.15) is 23.4 Å². The number of hydrogen-bond donors (Lipinski definition) is 1. The van der Waals surface area contributed by atoms with E-state index in [1.54, 1.807) is 0 Å². The maximum absolute atomic E-state index is 12.6. The molecule has 1 spiro atoms. The lowest BCUT2D eigenvalue weighted by atomic mass is 9.67. The molecule has 1 N–H and O–H groups in total. The minimum Gasteiger partial charge on any atom is -0.467 e. The van der Waals surface area contributed by atoms with Gasteiger partial charge in [-0.1, -0.05) is 6.08 Å². The molecule has 3 aliphatic rings. The molecule has 140 valence electrons. The van der Waals surface area contributed by atoms with E-state index in [9.17, 15) is 9.90 Å². The Hall–Kier alpha value is -1.37. The highest BCUT2D eigenvalue weighted by Gasteiger charge is 2.63. The highest BCUT2D eigenvalue weighted by atomic mass is 16.7. The Labute approximate surface area is 148 Å². The van der Waals surface area contributed by atoms with Gasteiger partial charge >= 0.3 is 5.97 Å². The van der Waals surface area contributed by atoms with Crippen molar-refractivity contribution in [2.45, 2.75) is 71.6 Å². The third-order valence-corrected chi connectivity index (χ3v) is 5.68. The Morgan fingerprint density at radius 1 is 1.28 bits per heavy atom. The van der Waals surface area contributed by atoms with E-state index in [0.29, 0.717) is 25.9 Å². The fourth-order valence-electron chi connectivity index (χ4n) is 3.89. The summed E-state index contributed by atoms with van der Waals surface area (Å²) < 4.78 is 22.9. The van der Waals surface area contributed by atoms with Gasteiger partial charge in [0.25, 0.3) is 0 Å². The molecule has 1 fully saturated rings. The SMILES string of the molecule is CC1=CC[C@@H](O)O[C@@]12COC(=O)[C@@]2(C)CCC1=C(C)COC(C)(C)O1. The smallest absolute Gasteiger partial charge is 0.315 e. The molecule has 0 aromatic rings. The van der Waals surface area contributed by atoms with Crippen LogP contribution in [0, 0.1) is 5.41 Å². The van der Waals surface area contributed by atoms with Crippen molar-refractivity contribution in [1.82, 2.24) is 0 Å². The highest BCUT2D eigenvalue weighted by molar-refractivity contribution is 5.81. The fourth-order valence-corrected chi connectivity index (χ4v) is 3.89. The quantitative estimate of drug-likeness (QED) is 0.622. The highest BCUT2D eigenvalue weighted by Crippen LogP contribution is 2.52. The molecule has 6 nitrogen and oxygen atoms in total. The molecule has 0 amide bonds. The van der Waals surface area contributed by atoms with Gasteiger partial charge < -0.3 is 24.1 Å². The van der Waals surface area contributed by atoms with Gasteiger partial charge in [0, 0.05) is 26.7 Å². The molecule has 0 aromatic carbocycles. The molecule has 3 atom stereocenters. The van der Waals surface area contributed by atoms with Crippen molar-refractivity contribution >= 4 is 5.97 Å². The Morgan fingerprint density at radius 2 is 2.00 bits per heavy atom. The van der Waals surface area contributed by atoms with Crippen LogP contribution in [0.3, 0.4) is 0 Å². The molecule has 0 saturated carbocycles. The van der Waals surface area contributed by atoms with Gasteiger partial charge in [-0.2, -0.15) is 0 Å². The van der Waals surface area contributed by atoms with Crippen LogP contribution in [-0.4, -0.2) is 42.0 Å². The molecule has 0 aromatic heterocycles. The Kier molecular flexibility index (Phi) is 4.50. The van der Waals surface area contributed by atoms with Gasteiger partial charge in [0.05, 0.1) is 6.61 Å². The van der Waals surface area contributed by atoms with Crippen molar-refractivity contribution in [2.75, 3.05) is 13.2 Å². The zero-order valence-corrected chi connectivity index (χ0v) is 15.7. The lowest BCUT2D eigenvalue weighted by molar-refractivity contribution is -0.210. The van der Waals surface area contributed by atoms with E-state index in [0.717, 1.165) is 16.9 Å². The molecule has 0 unspecified atom stereocenters. The standard InChI is InChI=1S/C19H28O6/c1-12-10-23-17(3,4)24-14(12)8-9-18(5)16(21)22-11-19(18)13(2)6-7-15(20)25-19/h6,15,20H,7-11H2,1-5H3/t15-,18+,19-/m0/s1. The van der Waals surface area contributed by atoms with Crippen LogP contribution in [0.4, 0.5) is 0 Å². The minimum absolute atomic E-state index is 0.134. The summed E-state index contributed by atoms with van der Waals surface area (Å²) in [6.45, 7) is 10.2.